The number of fused-ring (bicyclic) bond motifs is 3. The van der Waals surface area contributed by atoms with E-state index in [2.05, 4.69) is 97.8 Å². The van der Waals surface area contributed by atoms with Crippen molar-refractivity contribution in [2.24, 2.45) is 0 Å². The minimum atomic E-state index is -1.41. The van der Waals surface area contributed by atoms with Crippen LogP contribution in [0.25, 0.3) is 28.3 Å². The predicted octanol–water partition coefficient (Wildman–Crippen LogP) is 5.96. The highest BCUT2D eigenvalue weighted by atomic mass is 28.3. The standard InChI is InChI=1S/C23H23NSi/c1-25(2,3)23-11-7-6-10-20(23)18-12-13-22-21(16-18)19-9-5-4-8-17(19)14-15-24-22/h4-16,24H,1-3H3. The lowest BCUT2D eigenvalue weighted by Gasteiger charge is -2.22. The van der Waals surface area contributed by atoms with E-state index in [1.807, 2.05) is 6.20 Å². The van der Waals surface area contributed by atoms with Gasteiger partial charge >= 0.3 is 0 Å². The summed E-state index contributed by atoms with van der Waals surface area (Å²) in [5.41, 5.74) is 7.64. The highest BCUT2D eigenvalue weighted by Crippen LogP contribution is 2.36. The maximum atomic E-state index is 3.42. The molecule has 1 aliphatic rings. The topological polar surface area (TPSA) is 12.0 Å². The van der Waals surface area contributed by atoms with E-state index in [0.29, 0.717) is 0 Å². The zero-order valence-corrected chi connectivity index (χ0v) is 16.0. The van der Waals surface area contributed by atoms with Crippen LogP contribution >= 0.6 is 0 Å². The van der Waals surface area contributed by atoms with E-state index < -0.39 is 8.07 Å². The van der Waals surface area contributed by atoms with Gasteiger partial charge in [0.25, 0.3) is 0 Å². The van der Waals surface area contributed by atoms with Crippen LogP contribution in [0.15, 0.2) is 72.9 Å². The normalized spacial score (nSPS) is 12.8. The van der Waals surface area contributed by atoms with Crippen molar-refractivity contribution in [3.63, 3.8) is 0 Å². The van der Waals surface area contributed by atoms with Gasteiger partial charge in [-0.1, -0.05) is 79.4 Å². The Bertz CT molecular complexity index is 964. The van der Waals surface area contributed by atoms with E-state index in [4.69, 9.17) is 0 Å². The van der Waals surface area contributed by atoms with Gasteiger partial charge in [0.1, 0.15) is 0 Å². The first kappa shape index (κ1) is 15.9. The molecule has 0 unspecified atom stereocenters. The van der Waals surface area contributed by atoms with Crippen molar-refractivity contribution in [2.45, 2.75) is 19.6 Å². The van der Waals surface area contributed by atoms with E-state index >= 15 is 0 Å². The first-order valence-corrected chi connectivity index (χ1v) is 12.3. The van der Waals surface area contributed by atoms with Gasteiger partial charge in [0.15, 0.2) is 0 Å². The highest BCUT2D eigenvalue weighted by Gasteiger charge is 2.21. The summed E-state index contributed by atoms with van der Waals surface area (Å²) >= 11 is 0. The van der Waals surface area contributed by atoms with Crippen molar-refractivity contribution < 1.29 is 0 Å². The van der Waals surface area contributed by atoms with Crippen molar-refractivity contribution in [3.05, 3.63) is 78.5 Å². The first-order chi connectivity index (χ1) is 12.0. The molecular formula is C23H23NSi. The molecule has 1 aliphatic heterocycles. The van der Waals surface area contributed by atoms with Crippen molar-refractivity contribution in [2.75, 3.05) is 5.32 Å². The fourth-order valence-corrected chi connectivity index (χ4v) is 5.19. The number of anilines is 1. The third-order valence-electron chi connectivity index (χ3n) is 4.82. The molecule has 25 heavy (non-hydrogen) atoms. The molecule has 0 bridgehead atoms. The minimum absolute atomic E-state index is 1.16. The SMILES string of the molecule is C[Si](C)(C)c1ccccc1-c1ccc2c(c1)-c1ccccc1C=CN2. The molecule has 2 heteroatoms. The fraction of sp³-hybridized carbons (Fsp3) is 0.130. The molecule has 3 aromatic rings. The summed E-state index contributed by atoms with van der Waals surface area (Å²) in [5, 5.41) is 4.94. The van der Waals surface area contributed by atoms with E-state index in [1.165, 1.54) is 33.0 Å². The van der Waals surface area contributed by atoms with Gasteiger partial charge in [0, 0.05) is 17.5 Å². The maximum Gasteiger partial charge on any atom is 0.0784 e. The number of hydrogen-bond donors (Lipinski definition) is 1. The Hall–Kier alpha value is -2.58. The van der Waals surface area contributed by atoms with Gasteiger partial charge in [0.05, 0.1) is 8.07 Å². The summed E-state index contributed by atoms with van der Waals surface area (Å²) in [4.78, 5) is 0. The molecular weight excluding hydrogens is 318 g/mol. The van der Waals surface area contributed by atoms with Gasteiger partial charge in [-0.15, -0.1) is 0 Å². The maximum absolute atomic E-state index is 3.42. The van der Waals surface area contributed by atoms with Crippen LogP contribution in [0.3, 0.4) is 0 Å². The number of benzene rings is 3. The first-order valence-electron chi connectivity index (χ1n) is 8.80. The summed E-state index contributed by atoms with van der Waals surface area (Å²) in [5.74, 6) is 0. The molecule has 1 nitrogen and oxygen atoms in total. The van der Waals surface area contributed by atoms with E-state index in [9.17, 15) is 0 Å². The lowest BCUT2D eigenvalue weighted by atomic mass is 9.95. The van der Waals surface area contributed by atoms with Crippen molar-refractivity contribution in [1.82, 2.24) is 0 Å². The van der Waals surface area contributed by atoms with Gasteiger partial charge in [-0.05, 0) is 40.5 Å². The molecule has 0 aromatic heterocycles. The Balaban J connectivity index is 1.92. The van der Waals surface area contributed by atoms with Crippen LogP contribution in [-0.2, 0) is 0 Å². The van der Waals surface area contributed by atoms with Gasteiger partial charge in [0.2, 0.25) is 0 Å². The van der Waals surface area contributed by atoms with E-state index in [-0.39, 0.29) is 0 Å². The Morgan fingerprint density at radius 3 is 2.24 bits per heavy atom. The molecule has 0 fully saturated rings. The molecule has 0 saturated heterocycles. The van der Waals surface area contributed by atoms with Gasteiger partial charge in [-0.3, -0.25) is 0 Å². The lowest BCUT2D eigenvalue weighted by Crippen LogP contribution is -2.38. The summed E-state index contributed by atoms with van der Waals surface area (Å²) in [6.07, 6.45) is 4.17. The summed E-state index contributed by atoms with van der Waals surface area (Å²) in [6, 6.07) is 24.3. The van der Waals surface area contributed by atoms with Crippen LogP contribution in [0.5, 0.6) is 0 Å². The van der Waals surface area contributed by atoms with Gasteiger partial charge < -0.3 is 5.32 Å². The van der Waals surface area contributed by atoms with Crippen LogP contribution < -0.4 is 10.5 Å². The third-order valence-corrected chi connectivity index (χ3v) is 6.87. The molecule has 0 saturated carbocycles. The van der Waals surface area contributed by atoms with Crippen LogP contribution in [0, 0.1) is 0 Å². The number of rotatable bonds is 2. The molecule has 1 N–H and O–H groups in total. The number of hydrogen-bond acceptors (Lipinski definition) is 1. The van der Waals surface area contributed by atoms with Gasteiger partial charge in [-0.25, -0.2) is 0 Å². The van der Waals surface area contributed by atoms with Crippen LogP contribution in [-0.4, -0.2) is 8.07 Å². The summed E-state index contributed by atoms with van der Waals surface area (Å²) < 4.78 is 0. The molecule has 0 aliphatic carbocycles. The zero-order valence-electron chi connectivity index (χ0n) is 15.0. The second kappa shape index (κ2) is 6.05. The smallest absolute Gasteiger partial charge is 0.0784 e. The number of nitrogens with one attached hydrogen (secondary N) is 1. The zero-order chi connectivity index (χ0) is 17.4. The molecule has 124 valence electrons. The molecule has 3 aromatic carbocycles. The minimum Gasteiger partial charge on any atom is -0.361 e. The van der Waals surface area contributed by atoms with Crippen LogP contribution in [0.2, 0.25) is 19.6 Å². The van der Waals surface area contributed by atoms with Crippen LogP contribution in [0.1, 0.15) is 5.56 Å². The Kier molecular flexibility index (Phi) is 3.85. The molecule has 0 radical (unpaired) electrons. The second-order valence-corrected chi connectivity index (χ2v) is 12.7. The summed E-state index contributed by atoms with van der Waals surface area (Å²) in [6.45, 7) is 7.24. The molecule has 1 heterocycles. The predicted molar refractivity (Wildman–Crippen MR) is 113 cm³/mol. The van der Waals surface area contributed by atoms with Crippen molar-refractivity contribution >= 4 is 25.0 Å². The van der Waals surface area contributed by atoms with E-state index in [0.717, 1.165) is 5.69 Å². The van der Waals surface area contributed by atoms with Crippen molar-refractivity contribution in [1.29, 1.82) is 0 Å². The Labute approximate surface area is 151 Å². The van der Waals surface area contributed by atoms with Gasteiger partial charge in [-0.2, -0.15) is 0 Å². The van der Waals surface area contributed by atoms with E-state index in [1.54, 1.807) is 0 Å². The Morgan fingerprint density at radius 1 is 0.720 bits per heavy atom. The van der Waals surface area contributed by atoms with Crippen molar-refractivity contribution in [3.8, 4) is 22.3 Å². The third kappa shape index (κ3) is 2.94. The molecule has 0 spiro atoms. The average Bonchev–Trinajstić information content (AvgIpc) is 2.80. The summed E-state index contributed by atoms with van der Waals surface area (Å²) in [7, 11) is -1.41. The molecule has 4 rings (SSSR count). The average molecular weight is 342 g/mol. The monoisotopic (exact) mass is 341 g/mol. The quantitative estimate of drug-likeness (QED) is 0.567. The lowest BCUT2D eigenvalue weighted by molar-refractivity contribution is 1.56. The molecule has 0 amide bonds. The largest absolute Gasteiger partial charge is 0.361 e. The highest BCUT2D eigenvalue weighted by molar-refractivity contribution is 6.89. The second-order valence-electron chi connectivity index (χ2n) is 7.62. The fourth-order valence-electron chi connectivity index (χ4n) is 3.56. The van der Waals surface area contributed by atoms with Crippen LogP contribution in [0.4, 0.5) is 5.69 Å². The molecule has 0 atom stereocenters. The Morgan fingerprint density at radius 2 is 1.44 bits per heavy atom.